The van der Waals surface area contributed by atoms with E-state index in [1.165, 1.54) is 4.90 Å². The number of imide groups is 1. The van der Waals surface area contributed by atoms with Gasteiger partial charge in [-0.2, -0.15) is 0 Å². The van der Waals surface area contributed by atoms with Gasteiger partial charge in [-0.15, -0.1) is 0 Å². The van der Waals surface area contributed by atoms with Crippen LogP contribution >= 0.6 is 0 Å². The number of fused-ring (bicyclic) bond motifs is 1. The molecule has 0 aromatic heterocycles. The monoisotopic (exact) mass is 363 g/mol. The van der Waals surface area contributed by atoms with E-state index in [0.717, 1.165) is 0 Å². The number of para-hydroxylation sites is 2. The van der Waals surface area contributed by atoms with Crippen LogP contribution in [0.5, 0.6) is 17.2 Å². The van der Waals surface area contributed by atoms with Crippen LogP contribution in [-0.2, 0) is 9.59 Å². The number of allylic oxidation sites excluding steroid dienone is 2. The van der Waals surface area contributed by atoms with Crippen molar-refractivity contribution >= 4 is 17.5 Å². The molecule has 5 heteroatoms. The average molecular weight is 363 g/mol. The number of ether oxygens (including phenoxy) is 2. The fourth-order valence-corrected chi connectivity index (χ4v) is 3.90. The number of nitrogens with zero attached hydrogens (tertiary/aromatic N) is 1. The maximum Gasteiger partial charge on any atom is 0.238 e. The van der Waals surface area contributed by atoms with Crippen molar-refractivity contribution in [1.82, 2.24) is 0 Å². The van der Waals surface area contributed by atoms with Crippen LogP contribution in [0.1, 0.15) is 13.3 Å². The summed E-state index contributed by atoms with van der Waals surface area (Å²) in [5.74, 6) is 1.20. The van der Waals surface area contributed by atoms with E-state index in [4.69, 9.17) is 9.47 Å². The molecule has 1 fully saturated rings. The molecule has 1 aliphatic carbocycles. The maximum atomic E-state index is 12.8. The lowest BCUT2D eigenvalue weighted by atomic mass is 9.78. The molecule has 4 rings (SSSR count). The first-order valence-corrected chi connectivity index (χ1v) is 9.05. The van der Waals surface area contributed by atoms with Crippen molar-refractivity contribution in [3.8, 4) is 17.2 Å². The molecule has 0 bridgehead atoms. The van der Waals surface area contributed by atoms with E-state index < -0.39 is 0 Å². The number of carbonyl (C=O) groups excluding carboxylic acids is 2. The molecule has 2 amide bonds. The Labute approximate surface area is 158 Å². The van der Waals surface area contributed by atoms with Gasteiger partial charge in [0, 0.05) is 0 Å². The Bertz CT molecular complexity index is 903. The van der Waals surface area contributed by atoms with Crippen molar-refractivity contribution in [2.75, 3.05) is 12.0 Å². The van der Waals surface area contributed by atoms with Gasteiger partial charge in [-0.1, -0.05) is 31.2 Å². The molecule has 27 heavy (non-hydrogen) atoms. The highest BCUT2D eigenvalue weighted by atomic mass is 16.5. The minimum absolute atomic E-state index is 0.0818. The molecule has 0 radical (unpaired) electrons. The van der Waals surface area contributed by atoms with Gasteiger partial charge >= 0.3 is 0 Å². The van der Waals surface area contributed by atoms with Crippen molar-refractivity contribution in [3.05, 3.63) is 60.7 Å². The number of benzene rings is 2. The van der Waals surface area contributed by atoms with Gasteiger partial charge in [-0.05, 0) is 48.7 Å². The number of anilines is 1. The number of hydrogen-bond donors (Lipinski definition) is 0. The van der Waals surface area contributed by atoms with Crippen molar-refractivity contribution < 1.29 is 19.1 Å². The van der Waals surface area contributed by atoms with Crippen molar-refractivity contribution in [2.45, 2.75) is 13.3 Å². The molecule has 138 valence electrons. The maximum absolute atomic E-state index is 12.8. The van der Waals surface area contributed by atoms with E-state index in [1.54, 1.807) is 31.4 Å². The molecule has 1 heterocycles. The van der Waals surface area contributed by atoms with Crippen molar-refractivity contribution in [2.24, 2.45) is 17.8 Å². The fraction of sp³-hybridized carbons (Fsp3) is 0.273. The van der Waals surface area contributed by atoms with Crippen molar-refractivity contribution in [3.63, 3.8) is 0 Å². The summed E-state index contributed by atoms with van der Waals surface area (Å²) in [5.41, 5.74) is 0.582. The normalized spacial score (nSPS) is 24.1. The van der Waals surface area contributed by atoms with Crippen LogP contribution in [0.25, 0.3) is 0 Å². The summed E-state index contributed by atoms with van der Waals surface area (Å²) in [7, 11) is 1.59. The number of rotatable bonds is 4. The fourth-order valence-electron chi connectivity index (χ4n) is 3.90. The first-order valence-electron chi connectivity index (χ1n) is 9.05. The third-order valence-electron chi connectivity index (χ3n) is 5.26. The van der Waals surface area contributed by atoms with Crippen LogP contribution in [0.15, 0.2) is 60.7 Å². The molecule has 0 spiro atoms. The molecule has 2 aromatic carbocycles. The van der Waals surface area contributed by atoms with E-state index in [-0.39, 0.29) is 29.6 Å². The molecule has 5 nitrogen and oxygen atoms in total. The number of hydrogen-bond acceptors (Lipinski definition) is 4. The first-order chi connectivity index (χ1) is 13.1. The summed E-state index contributed by atoms with van der Waals surface area (Å²) in [6, 6.07) is 14.4. The minimum atomic E-state index is -0.257. The van der Waals surface area contributed by atoms with Gasteiger partial charge in [0.1, 0.15) is 5.75 Å². The van der Waals surface area contributed by atoms with Gasteiger partial charge in [0.05, 0.1) is 24.6 Å². The molecule has 3 atom stereocenters. The SMILES string of the molecule is COc1ccccc1Oc1ccc(N2C(=O)[C@@H]3[C@H](CC=C[C@@H]3C)C2=O)cc1. The lowest BCUT2D eigenvalue weighted by Gasteiger charge is -2.22. The topological polar surface area (TPSA) is 55.8 Å². The second kappa shape index (κ2) is 6.91. The van der Waals surface area contributed by atoms with Crippen LogP contribution in [0.4, 0.5) is 5.69 Å². The van der Waals surface area contributed by atoms with Crippen LogP contribution < -0.4 is 14.4 Å². The van der Waals surface area contributed by atoms with Gasteiger partial charge < -0.3 is 9.47 Å². The number of amides is 2. The van der Waals surface area contributed by atoms with Gasteiger partial charge in [0.2, 0.25) is 11.8 Å². The molecule has 2 aliphatic rings. The van der Waals surface area contributed by atoms with Crippen LogP contribution in [0, 0.1) is 17.8 Å². The smallest absolute Gasteiger partial charge is 0.238 e. The summed E-state index contributed by atoms with van der Waals surface area (Å²) >= 11 is 0. The molecule has 1 saturated heterocycles. The second-order valence-electron chi connectivity index (χ2n) is 6.91. The summed E-state index contributed by atoms with van der Waals surface area (Å²) in [4.78, 5) is 26.9. The van der Waals surface area contributed by atoms with E-state index >= 15 is 0 Å². The van der Waals surface area contributed by atoms with Gasteiger partial charge in [-0.3, -0.25) is 14.5 Å². The lowest BCUT2D eigenvalue weighted by molar-refractivity contribution is -0.122. The predicted molar refractivity (Wildman–Crippen MR) is 102 cm³/mol. The minimum Gasteiger partial charge on any atom is -0.493 e. The van der Waals surface area contributed by atoms with E-state index in [1.807, 2.05) is 43.3 Å². The highest BCUT2D eigenvalue weighted by Crippen LogP contribution is 2.41. The second-order valence-corrected chi connectivity index (χ2v) is 6.91. The van der Waals surface area contributed by atoms with Crippen LogP contribution in [0.3, 0.4) is 0 Å². The van der Waals surface area contributed by atoms with E-state index in [9.17, 15) is 9.59 Å². The number of carbonyl (C=O) groups is 2. The molecule has 1 aliphatic heterocycles. The molecule has 0 unspecified atom stereocenters. The van der Waals surface area contributed by atoms with Gasteiger partial charge in [-0.25, -0.2) is 0 Å². The van der Waals surface area contributed by atoms with E-state index in [0.29, 0.717) is 29.4 Å². The predicted octanol–water partition coefficient (Wildman–Crippen LogP) is 4.19. The van der Waals surface area contributed by atoms with Crippen LogP contribution in [-0.4, -0.2) is 18.9 Å². The first kappa shape index (κ1) is 17.3. The third kappa shape index (κ3) is 2.99. The molecular weight excluding hydrogens is 342 g/mol. The zero-order chi connectivity index (χ0) is 19.0. The Balaban J connectivity index is 1.56. The third-order valence-corrected chi connectivity index (χ3v) is 5.26. The van der Waals surface area contributed by atoms with E-state index in [2.05, 4.69) is 0 Å². The highest BCUT2D eigenvalue weighted by Gasteiger charge is 2.50. The molecule has 0 N–H and O–H groups in total. The molecule has 0 saturated carbocycles. The quantitative estimate of drug-likeness (QED) is 0.604. The van der Waals surface area contributed by atoms with Crippen molar-refractivity contribution in [1.29, 1.82) is 0 Å². The number of methoxy groups -OCH3 is 1. The Kier molecular flexibility index (Phi) is 4.44. The summed E-state index contributed by atoms with van der Waals surface area (Å²) < 4.78 is 11.1. The average Bonchev–Trinajstić information content (AvgIpc) is 2.95. The Hall–Kier alpha value is -3.08. The summed E-state index contributed by atoms with van der Waals surface area (Å²) in [6.45, 7) is 1.99. The summed E-state index contributed by atoms with van der Waals surface area (Å²) in [5, 5.41) is 0. The van der Waals surface area contributed by atoms with Gasteiger partial charge in [0.15, 0.2) is 11.5 Å². The Morgan fingerprint density at radius 3 is 2.33 bits per heavy atom. The standard InChI is InChI=1S/C22H21NO4/c1-14-6-5-7-17-20(14)22(25)23(21(17)24)15-10-12-16(13-11-15)27-19-9-4-3-8-18(19)26-2/h3-6,8-14,17,20H,7H2,1-2H3/t14-,17-,20-/m0/s1. The zero-order valence-electron chi connectivity index (χ0n) is 15.3. The van der Waals surface area contributed by atoms with Gasteiger partial charge in [0.25, 0.3) is 0 Å². The molecule has 2 aromatic rings. The zero-order valence-corrected chi connectivity index (χ0v) is 15.3. The lowest BCUT2D eigenvalue weighted by Crippen LogP contribution is -2.31. The Morgan fingerprint density at radius 1 is 0.963 bits per heavy atom. The highest BCUT2D eigenvalue weighted by molar-refractivity contribution is 6.22. The molecular formula is C22H21NO4. The van der Waals surface area contributed by atoms with Crippen LogP contribution in [0.2, 0.25) is 0 Å². The Morgan fingerprint density at radius 2 is 1.67 bits per heavy atom. The largest absolute Gasteiger partial charge is 0.493 e. The summed E-state index contributed by atoms with van der Waals surface area (Å²) in [6.07, 6.45) is 4.66.